The highest BCUT2D eigenvalue weighted by atomic mass is 16.3. The number of nitrogens with zero attached hydrogens (tertiary/aromatic N) is 2. The van der Waals surface area contributed by atoms with Crippen LogP contribution in [0.3, 0.4) is 0 Å². The number of carbonyl (C=O) groups is 1. The molecule has 0 bridgehead atoms. The van der Waals surface area contributed by atoms with E-state index in [0.717, 1.165) is 17.7 Å². The van der Waals surface area contributed by atoms with Crippen LogP contribution in [0.25, 0.3) is 0 Å². The van der Waals surface area contributed by atoms with E-state index in [1.807, 2.05) is 61.5 Å². The number of hydrogen-bond acceptors (Lipinski definition) is 3. The van der Waals surface area contributed by atoms with E-state index in [1.165, 1.54) is 5.56 Å². The smallest absolute Gasteiger partial charge is 0.264 e. The molecule has 0 radical (unpaired) electrons. The van der Waals surface area contributed by atoms with Crippen molar-refractivity contribution < 1.29 is 9.90 Å². The van der Waals surface area contributed by atoms with E-state index in [0.29, 0.717) is 17.8 Å². The Morgan fingerprint density at radius 3 is 2.56 bits per heavy atom. The maximum atomic E-state index is 13.3. The quantitative estimate of drug-likeness (QED) is 0.760. The molecule has 0 saturated carbocycles. The highest BCUT2D eigenvalue weighted by Crippen LogP contribution is 2.42. The van der Waals surface area contributed by atoms with Gasteiger partial charge in [-0.1, -0.05) is 54.1 Å². The summed E-state index contributed by atoms with van der Waals surface area (Å²) in [6.07, 6.45) is 2.59. The molecule has 4 rings (SSSR count). The number of aryl methyl sites for hydroxylation is 1. The third kappa shape index (κ3) is 3.24. The Labute approximate surface area is 159 Å². The number of fused-ring (bicyclic) bond motifs is 1. The average molecular weight is 358 g/mol. The molecule has 4 heteroatoms. The molecule has 0 spiro atoms. The van der Waals surface area contributed by atoms with Crippen LogP contribution in [0.15, 0.2) is 72.9 Å². The van der Waals surface area contributed by atoms with Gasteiger partial charge in [-0.2, -0.15) is 0 Å². The first-order valence-electron chi connectivity index (χ1n) is 9.17. The second kappa shape index (κ2) is 6.97. The number of anilines is 1. The highest BCUT2D eigenvalue weighted by molar-refractivity contribution is 6.07. The van der Waals surface area contributed by atoms with Gasteiger partial charge in [-0.05, 0) is 37.1 Å². The molecule has 1 aliphatic heterocycles. The van der Waals surface area contributed by atoms with Crippen LogP contribution in [-0.4, -0.2) is 22.5 Å². The van der Waals surface area contributed by atoms with Crippen molar-refractivity contribution in [1.29, 1.82) is 0 Å². The fourth-order valence-corrected chi connectivity index (χ4v) is 3.71. The number of hydrogen-bond donors (Lipinski definition) is 1. The number of rotatable bonds is 5. The average Bonchev–Trinajstić information content (AvgIpc) is 2.89. The second-order valence-corrected chi connectivity index (χ2v) is 7.07. The molecule has 1 unspecified atom stereocenters. The molecular weight excluding hydrogens is 336 g/mol. The number of benzene rings is 2. The van der Waals surface area contributed by atoms with Gasteiger partial charge in [-0.3, -0.25) is 9.78 Å². The Balaban J connectivity index is 1.67. The van der Waals surface area contributed by atoms with Crippen LogP contribution in [0.2, 0.25) is 0 Å². The molecule has 136 valence electrons. The van der Waals surface area contributed by atoms with E-state index >= 15 is 0 Å². The lowest BCUT2D eigenvalue weighted by molar-refractivity contribution is -0.136. The van der Waals surface area contributed by atoms with E-state index in [4.69, 9.17) is 0 Å². The van der Waals surface area contributed by atoms with Crippen LogP contribution in [0.4, 0.5) is 5.69 Å². The Morgan fingerprint density at radius 2 is 1.81 bits per heavy atom. The van der Waals surface area contributed by atoms with E-state index in [-0.39, 0.29) is 12.3 Å². The van der Waals surface area contributed by atoms with E-state index in [9.17, 15) is 9.90 Å². The van der Waals surface area contributed by atoms with Crippen molar-refractivity contribution in [2.24, 2.45) is 0 Å². The summed E-state index contributed by atoms with van der Waals surface area (Å²) in [5, 5.41) is 11.4. The number of aliphatic hydroxyl groups is 1. The molecule has 1 amide bonds. The van der Waals surface area contributed by atoms with Crippen LogP contribution >= 0.6 is 0 Å². The summed E-state index contributed by atoms with van der Waals surface area (Å²) in [4.78, 5) is 19.3. The van der Waals surface area contributed by atoms with Gasteiger partial charge in [0.25, 0.3) is 5.91 Å². The Kier molecular flexibility index (Phi) is 4.50. The van der Waals surface area contributed by atoms with Gasteiger partial charge in [-0.15, -0.1) is 0 Å². The van der Waals surface area contributed by atoms with Gasteiger partial charge in [0.1, 0.15) is 0 Å². The zero-order valence-corrected chi connectivity index (χ0v) is 15.3. The molecule has 2 heterocycles. The minimum absolute atomic E-state index is 0.172. The van der Waals surface area contributed by atoms with Gasteiger partial charge in [0.15, 0.2) is 5.60 Å². The SMILES string of the molecule is Cc1ccc2c(c1)C(O)(Cc1ccccn1)C(=O)N2CCc1ccccc1. The van der Waals surface area contributed by atoms with Crippen molar-refractivity contribution in [1.82, 2.24) is 4.98 Å². The summed E-state index contributed by atoms with van der Waals surface area (Å²) in [6, 6.07) is 21.4. The van der Waals surface area contributed by atoms with E-state index < -0.39 is 5.60 Å². The molecule has 4 nitrogen and oxygen atoms in total. The van der Waals surface area contributed by atoms with Crippen LogP contribution in [0.5, 0.6) is 0 Å². The van der Waals surface area contributed by atoms with Crippen LogP contribution in [-0.2, 0) is 23.2 Å². The maximum Gasteiger partial charge on any atom is 0.264 e. The second-order valence-electron chi connectivity index (χ2n) is 7.07. The lowest BCUT2D eigenvalue weighted by Crippen LogP contribution is -2.42. The van der Waals surface area contributed by atoms with E-state index in [2.05, 4.69) is 17.1 Å². The van der Waals surface area contributed by atoms with Crippen molar-refractivity contribution in [2.75, 3.05) is 11.4 Å². The predicted octanol–water partition coefficient (Wildman–Crippen LogP) is 3.41. The zero-order chi connectivity index (χ0) is 18.9. The summed E-state index contributed by atoms with van der Waals surface area (Å²) in [6.45, 7) is 2.50. The molecule has 1 aliphatic rings. The molecule has 1 aromatic heterocycles. The zero-order valence-electron chi connectivity index (χ0n) is 15.3. The normalized spacial score (nSPS) is 18.6. The van der Waals surface area contributed by atoms with Gasteiger partial charge < -0.3 is 10.0 Å². The minimum Gasteiger partial charge on any atom is -0.375 e. The lowest BCUT2D eigenvalue weighted by Gasteiger charge is -2.23. The first-order chi connectivity index (χ1) is 13.1. The van der Waals surface area contributed by atoms with Crippen LogP contribution in [0.1, 0.15) is 22.4 Å². The third-order valence-corrected chi connectivity index (χ3v) is 5.12. The first kappa shape index (κ1) is 17.4. The Hall–Kier alpha value is -2.98. The lowest BCUT2D eigenvalue weighted by atomic mass is 9.89. The molecule has 27 heavy (non-hydrogen) atoms. The molecule has 0 fully saturated rings. The monoisotopic (exact) mass is 358 g/mol. The maximum absolute atomic E-state index is 13.3. The highest BCUT2D eigenvalue weighted by Gasteiger charge is 2.49. The largest absolute Gasteiger partial charge is 0.375 e. The molecule has 1 atom stereocenters. The van der Waals surface area contributed by atoms with Crippen LogP contribution in [0, 0.1) is 6.92 Å². The first-order valence-corrected chi connectivity index (χ1v) is 9.17. The number of aromatic nitrogens is 1. The molecule has 0 saturated heterocycles. The van der Waals surface area contributed by atoms with Crippen molar-refractivity contribution >= 4 is 11.6 Å². The molecule has 0 aliphatic carbocycles. The summed E-state index contributed by atoms with van der Waals surface area (Å²) >= 11 is 0. The standard InChI is InChI=1S/C23H22N2O2/c1-17-10-11-21-20(15-17)23(27,16-19-9-5-6-13-24-19)22(26)25(21)14-12-18-7-3-2-4-8-18/h2-11,13,15,27H,12,14,16H2,1H3. The number of pyridine rings is 1. The summed E-state index contributed by atoms with van der Waals surface area (Å²) in [5.41, 5.74) is 2.77. The van der Waals surface area contributed by atoms with E-state index in [1.54, 1.807) is 11.1 Å². The fraction of sp³-hybridized carbons (Fsp3) is 0.217. The fourth-order valence-electron chi connectivity index (χ4n) is 3.71. The van der Waals surface area contributed by atoms with Gasteiger partial charge in [0.2, 0.25) is 0 Å². The molecular formula is C23H22N2O2. The Morgan fingerprint density at radius 1 is 1.04 bits per heavy atom. The van der Waals surface area contributed by atoms with Crippen LogP contribution < -0.4 is 4.90 Å². The summed E-state index contributed by atoms with van der Waals surface area (Å²) in [5.74, 6) is -0.273. The molecule has 2 aromatic carbocycles. The number of amides is 1. The predicted molar refractivity (Wildman–Crippen MR) is 106 cm³/mol. The summed E-state index contributed by atoms with van der Waals surface area (Å²) in [7, 11) is 0. The van der Waals surface area contributed by atoms with Gasteiger partial charge >= 0.3 is 0 Å². The Bertz CT molecular complexity index is 957. The van der Waals surface area contributed by atoms with Crippen molar-refractivity contribution in [2.45, 2.75) is 25.4 Å². The third-order valence-electron chi connectivity index (χ3n) is 5.12. The minimum atomic E-state index is -1.58. The van der Waals surface area contributed by atoms with Crippen molar-refractivity contribution in [3.05, 3.63) is 95.3 Å². The molecule has 3 aromatic rings. The summed E-state index contributed by atoms with van der Waals surface area (Å²) < 4.78 is 0. The van der Waals surface area contributed by atoms with Gasteiger partial charge in [-0.25, -0.2) is 0 Å². The van der Waals surface area contributed by atoms with Crippen molar-refractivity contribution in [3.63, 3.8) is 0 Å². The van der Waals surface area contributed by atoms with Crippen molar-refractivity contribution in [3.8, 4) is 0 Å². The van der Waals surface area contributed by atoms with Gasteiger partial charge in [0.05, 0.1) is 5.69 Å². The molecule has 1 N–H and O–H groups in total. The number of carbonyl (C=O) groups excluding carboxylic acids is 1. The topological polar surface area (TPSA) is 53.4 Å². The van der Waals surface area contributed by atoms with Gasteiger partial charge in [0, 0.05) is 30.4 Å².